The highest BCUT2D eigenvalue weighted by Crippen LogP contribution is 2.40. The van der Waals surface area contributed by atoms with Gasteiger partial charge < -0.3 is 10.7 Å². The molecule has 0 atom stereocenters. The number of rotatable bonds is 1. The lowest BCUT2D eigenvalue weighted by atomic mass is 10.2. The van der Waals surface area contributed by atoms with Crippen molar-refractivity contribution in [2.24, 2.45) is 0 Å². The lowest BCUT2D eigenvalue weighted by Crippen LogP contribution is -1.85. The molecule has 13 heavy (non-hydrogen) atoms. The maximum absolute atomic E-state index is 5.83. The molecule has 3 N–H and O–H groups in total. The summed E-state index contributed by atoms with van der Waals surface area (Å²) in [4.78, 5) is 7.54. The zero-order valence-electron chi connectivity index (χ0n) is 7.25. The van der Waals surface area contributed by atoms with Gasteiger partial charge in [0.1, 0.15) is 5.65 Å². The van der Waals surface area contributed by atoms with E-state index in [-0.39, 0.29) is 0 Å². The zero-order chi connectivity index (χ0) is 8.84. The molecule has 0 saturated heterocycles. The maximum Gasteiger partial charge on any atom is 0.139 e. The van der Waals surface area contributed by atoms with Crippen molar-refractivity contribution in [3.63, 3.8) is 0 Å². The number of nitrogens with two attached hydrogens (primary N) is 1. The lowest BCUT2D eigenvalue weighted by Gasteiger charge is -1.91. The predicted molar refractivity (Wildman–Crippen MR) is 52.5 cm³/mol. The summed E-state index contributed by atoms with van der Waals surface area (Å²) in [7, 11) is 0. The van der Waals surface area contributed by atoms with Crippen LogP contribution in [-0.4, -0.2) is 9.97 Å². The maximum atomic E-state index is 5.83. The second kappa shape index (κ2) is 2.25. The molecule has 3 nitrogen and oxygen atoms in total. The van der Waals surface area contributed by atoms with E-state index >= 15 is 0 Å². The molecule has 1 saturated carbocycles. The van der Waals surface area contributed by atoms with Crippen molar-refractivity contribution in [3.05, 3.63) is 24.0 Å². The van der Waals surface area contributed by atoms with Gasteiger partial charge in [0.25, 0.3) is 0 Å². The highest BCUT2D eigenvalue weighted by Gasteiger charge is 2.25. The quantitative estimate of drug-likeness (QED) is 0.693. The third-order valence-electron chi connectivity index (χ3n) is 2.60. The molecule has 2 heterocycles. The molecule has 0 radical (unpaired) electrons. The van der Waals surface area contributed by atoms with Crippen molar-refractivity contribution in [3.8, 4) is 0 Å². The number of hydrogen-bond donors (Lipinski definition) is 2. The molecule has 3 heteroatoms. The fourth-order valence-electron chi connectivity index (χ4n) is 1.68. The van der Waals surface area contributed by atoms with E-state index in [1.165, 1.54) is 18.5 Å². The molecule has 1 aliphatic rings. The number of aromatic nitrogens is 2. The zero-order valence-corrected chi connectivity index (χ0v) is 7.25. The van der Waals surface area contributed by atoms with E-state index in [0.29, 0.717) is 0 Å². The van der Waals surface area contributed by atoms with Gasteiger partial charge >= 0.3 is 0 Å². The predicted octanol–water partition coefficient (Wildman–Crippen LogP) is 2.02. The van der Waals surface area contributed by atoms with Crippen molar-refractivity contribution in [1.29, 1.82) is 0 Å². The summed E-state index contributed by atoms with van der Waals surface area (Å²) in [5.41, 5.74) is 8.85. The van der Waals surface area contributed by atoms with E-state index in [9.17, 15) is 0 Å². The first-order valence-corrected chi connectivity index (χ1v) is 4.58. The number of anilines is 1. The van der Waals surface area contributed by atoms with Gasteiger partial charge in [0, 0.05) is 23.0 Å². The number of hydrogen-bond acceptors (Lipinski definition) is 2. The van der Waals surface area contributed by atoms with Crippen LogP contribution in [0.2, 0.25) is 0 Å². The van der Waals surface area contributed by atoms with Gasteiger partial charge in [-0.2, -0.15) is 0 Å². The minimum absolute atomic E-state index is 0.730. The van der Waals surface area contributed by atoms with Gasteiger partial charge in [-0.3, -0.25) is 0 Å². The van der Waals surface area contributed by atoms with Gasteiger partial charge in [-0.15, -0.1) is 0 Å². The number of pyridine rings is 1. The van der Waals surface area contributed by atoms with Crippen LogP contribution in [-0.2, 0) is 0 Å². The molecular weight excluding hydrogens is 162 g/mol. The first kappa shape index (κ1) is 6.95. The number of H-pyrrole nitrogens is 1. The molecule has 0 bridgehead atoms. The molecule has 0 unspecified atom stereocenters. The average molecular weight is 173 g/mol. The second-order valence-corrected chi connectivity index (χ2v) is 3.66. The highest BCUT2D eigenvalue weighted by molar-refractivity contribution is 5.88. The molecule has 0 spiro atoms. The lowest BCUT2D eigenvalue weighted by molar-refractivity contribution is 1.05. The van der Waals surface area contributed by atoms with E-state index in [2.05, 4.69) is 16.0 Å². The van der Waals surface area contributed by atoms with Crippen molar-refractivity contribution >= 4 is 16.7 Å². The Morgan fingerprint density at radius 1 is 1.46 bits per heavy atom. The molecule has 1 aliphatic carbocycles. The minimum atomic E-state index is 0.730. The Bertz CT molecular complexity index is 454. The summed E-state index contributed by atoms with van der Waals surface area (Å²) < 4.78 is 0. The van der Waals surface area contributed by atoms with Crippen LogP contribution < -0.4 is 5.73 Å². The van der Waals surface area contributed by atoms with Gasteiger partial charge in [0.15, 0.2) is 0 Å². The topological polar surface area (TPSA) is 54.7 Å². The van der Waals surface area contributed by atoms with Crippen molar-refractivity contribution in [2.45, 2.75) is 18.8 Å². The summed E-state index contributed by atoms with van der Waals surface area (Å²) >= 11 is 0. The highest BCUT2D eigenvalue weighted by atomic mass is 14.9. The molecular formula is C10H11N3. The van der Waals surface area contributed by atoms with E-state index < -0.39 is 0 Å². The third kappa shape index (κ3) is 1.00. The monoisotopic (exact) mass is 173 g/mol. The first-order valence-electron chi connectivity index (χ1n) is 4.58. The number of nitrogen functional groups attached to an aromatic ring is 1. The molecule has 0 aromatic carbocycles. The summed E-state index contributed by atoms with van der Waals surface area (Å²) in [5.74, 6) is 0.730. The van der Waals surface area contributed by atoms with Gasteiger partial charge in [-0.25, -0.2) is 4.98 Å². The van der Waals surface area contributed by atoms with Gasteiger partial charge in [-0.1, -0.05) is 0 Å². The molecule has 0 amide bonds. The summed E-state index contributed by atoms with van der Waals surface area (Å²) in [5, 5.41) is 1.06. The van der Waals surface area contributed by atoms with Crippen LogP contribution in [0.25, 0.3) is 11.0 Å². The van der Waals surface area contributed by atoms with Crippen LogP contribution in [0.15, 0.2) is 18.3 Å². The number of nitrogens with zero attached hydrogens (tertiary/aromatic N) is 1. The largest absolute Gasteiger partial charge is 0.398 e. The van der Waals surface area contributed by atoms with Crippen molar-refractivity contribution in [2.75, 3.05) is 5.73 Å². The Hall–Kier alpha value is -1.51. The summed E-state index contributed by atoms with van der Waals surface area (Å²) in [6.45, 7) is 0. The van der Waals surface area contributed by atoms with Crippen LogP contribution in [0.1, 0.15) is 24.5 Å². The average Bonchev–Trinajstić information content (AvgIpc) is 2.87. The normalized spacial score (nSPS) is 16.6. The fraction of sp³-hybridized carbons (Fsp3) is 0.300. The summed E-state index contributed by atoms with van der Waals surface area (Å²) in [6.07, 6.45) is 4.34. The van der Waals surface area contributed by atoms with Gasteiger partial charge in [0.05, 0.1) is 0 Å². The van der Waals surface area contributed by atoms with Crippen LogP contribution in [0.4, 0.5) is 5.69 Å². The molecule has 2 aromatic heterocycles. The van der Waals surface area contributed by atoms with E-state index in [0.717, 1.165) is 22.6 Å². The number of nitrogens with one attached hydrogen (secondary N) is 1. The van der Waals surface area contributed by atoms with E-state index in [1.807, 2.05) is 6.07 Å². The van der Waals surface area contributed by atoms with Crippen LogP contribution in [0, 0.1) is 0 Å². The number of fused-ring (bicyclic) bond motifs is 1. The third-order valence-corrected chi connectivity index (χ3v) is 2.60. The Labute approximate surface area is 76.0 Å². The van der Waals surface area contributed by atoms with E-state index in [4.69, 9.17) is 5.73 Å². The molecule has 3 rings (SSSR count). The van der Waals surface area contributed by atoms with Gasteiger partial charge in [-0.05, 0) is 30.9 Å². The smallest absolute Gasteiger partial charge is 0.139 e. The molecule has 1 fully saturated rings. The standard InChI is InChI=1S/C10H11N3/c11-8-3-4-12-10-7(8)5-9(13-10)6-1-2-6/h3-6H,1-2H2,(H3,11,12,13). The second-order valence-electron chi connectivity index (χ2n) is 3.66. The molecule has 66 valence electrons. The van der Waals surface area contributed by atoms with Crippen molar-refractivity contribution < 1.29 is 0 Å². The Morgan fingerprint density at radius 3 is 3.00 bits per heavy atom. The van der Waals surface area contributed by atoms with Crippen LogP contribution in [0.5, 0.6) is 0 Å². The van der Waals surface area contributed by atoms with Crippen LogP contribution >= 0.6 is 0 Å². The first-order chi connectivity index (χ1) is 6.34. The van der Waals surface area contributed by atoms with Crippen LogP contribution in [0.3, 0.4) is 0 Å². The number of aromatic amines is 1. The Kier molecular flexibility index (Phi) is 1.20. The van der Waals surface area contributed by atoms with Crippen molar-refractivity contribution in [1.82, 2.24) is 9.97 Å². The van der Waals surface area contributed by atoms with E-state index in [1.54, 1.807) is 6.20 Å². The molecule has 2 aromatic rings. The molecule has 0 aliphatic heterocycles. The van der Waals surface area contributed by atoms with Gasteiger partial charge in [0.2, 0.25) is 0 Å². The Morgan fingerprint density at radius 2 is 2.31 bits per heavy atom. The summed E-state index contributed by atoms with van der Waals surface area (Å²) in [6, 6.07) is 3.97. The Balaban J connectivity index is 2.26. The SMILES string of the molecule is Nc1ccnc2[nH]c(C3CC3)cc12. The fourth-order valence-corrected chi connectivity index (χ4v) is 1.68. The minimum Gasteiger partial charge on any atom is -0.398 e.